The van der Waals surface area contributed by atoms with Gasteiger partial charge in [-0.3, -0.25) is 19.4 Å². The van der Waals surface area contributed by atoms with Gasteiger partial charge in [0.25, 0.3) is 0 Å². The van der Waals surface area contributed by atoms with Crippen LogP contribution in [0.25, 0.3) is 0 Å². The highest BCUT2D eigenvalue weighted by molar-refractivity contribution is 5.72. The number of rotatable bonds is 4. The number of ether oxygens (including phenoxy) is 2. The van der Waals surface area contributed by atoms with Crippen molar-refractivity contribution in [1.29, 1.82) is 0 Å². The molecule has 0 N–H and O–H groups in total. The summed E-state index contributed by atoms with van der Waals surface area (Å²) in [7, 11) is 4.16. The summed E-state index contributed by atoms with van der Waals surface area (Å²) in [5.74, 6) is -0.355. The van der Waals surface area contributed by atoms with Crippen LogP contribution in [-0.2, 0) is 19.1 Å². The summed E-state index contributed by atoms with van der Waals surface area (Å²) in [5.41, 5.74) is -0.927. The maximum absolute atomic E-state index is 12.3. The lowest BCUT2D eigenvalue weighted by Gasteiger charge is -2.32. The van der Waals surface area contributed by atoms with Gasteiger partial charge >= 0.3 is 11.9 Å². The van der Waals surface area contributed by atoms with Crippen LogP contribution in [0, 0.1) is 0 Å². The van der Waals surface area contributed by atoms with Gasteiger partial charge in [-0.05, 0) is 55.6 Å². The lowest BCUT2D eigenvalue weighted by atomic mass is 10.2. The smallest absolute Gasteiger partial charge is 0.320 e. The zero-order chi connectivity index (χ0) is 22.9. The topological polar surface area (TPSA) is 65.6 Å². The molecule has 1 heterocycles. The Labute approximate surface area is 183 Å². The Morgan fingerprint density at radius 1 is 0.600 bits per heavy atom. The van der Waals surface area contributed by atoms with Crippen molar-refractivity contribution >= 4 is 11.9 Å². The average molecular weight is 429 g/mol. The van der Waals surface area contributed by atoms with Crippen LogP contribution in [0.2, 0.25) is 0 Å². The Morgan fingerprint density at radius 3 is 1.10 bits per heavy atom. The van der Waals surface area contributed by atoms with Crippen LogP contribution in [-0.4, -0.2) is 122 Å². The van der Waals surface area contributed by atoms with E-state index in [0.717, 1.165) is 52.4 Å². The largest absolute Gasteiger partial charge is 0.459 e. The summed E-state index contributed by atoms with van der Waals surface area (Å²) < 4.78 is 11.0. The molecule has 1 rings (SSSR count). The molecule has 1 fully saturated rings. The number of carbonyl (C=O) groups is 2. The average Bonchev–Trinajstić information content (AvgIpc) is 2.55. The molecule has 0 aromatic rings. The van der Waals surface area contributed by atoms with Gasteiger partial charge in [-0.15, -0.1) is 0 Å². The first-order valence-electron chi connectivity index (χ1n) is 11.0. The first kappa shape index (κ1) is 26.8. The maximum Gasteiger partial charge on any atom is 0.320 e. The Kier molecular flexibility index (Phi) is 10.7. The predicted octanol–water partition coefficient (Wildman–Crippen LogP) is 1.15. The van der Waals surface area contributed by atoms with E-state index in [9.17, 15) is 9.59 Å². The minimum atomic E-state index is -0.464. The molecule has 0 atom stereocenters. The summed E-state index contributed by atoms with van der Waals surface area (Å²) in [6.45, 7) is 18.6. The molecule has 8 nitrogen and oxygen atoms in total. The van der Waals surface area contributed by atoms with Gasteiger partial charge < -0.3 is 19.3 Å². The maximum atomic E-state index is 12.3. The van der Waals surface area contributed by atoms with Crippen molar-refractivity contribution in [2.75, 3.05) is 79.5 Å². The summed E-state index contributed by atoms with van der Waals surface area (Å²) in [4.78, 5) is 33.4. The third-order valence-electron chi connectivity index (χ3n) is 4.74. The minimum absolute atomic E-state index is 0.177. The van der Waals surface area contributed by atoms with Crippen LogP contribution in [0.4, 0.5) is 0 Å². The SMILES string of the molecule is CN1CCN(CC(=O)OC(C)(C)C)CCN(C)CCN(CC(=O)OC(C)(C)C)CC1. The summed E-state index contributed by atoms with van der Waals surface area (Å²) in [6.07, 6.45) is 0. The monoisotopic (exact) mass is 428 g/mol. The van der Waals surface area contributed by atoms with E-state index in [1.165, 1.54) is 0 Å². The molecule has 1 aliphatic rings. The van der Waals surface area contributed by atoms with Crippen LogP contribution in [0.1, 0.15) is 41.5 Å². The van der Waals surface area contributed by atoms with Gasteiger partial charge in [-0.1, -0.05) is 0 Å². The molecule has 0 aliphatic carbocycles. The number of carbonyl (C=O) groups excluding carboxylic acids is 2. The van der Waals surface area contributed by atoms with Crippen molar-refractivity contribution in [1.82, 2.24) is 19.6 Å². The van der Waals surface area contributed by atoms with Crippen molar-refractivity contribution in [3.8, 4) is 0 Å². The third kappa shape index (κ3) is 13.2. The fraction of sp³-hybridized carbons (Fsp3) is 0.909. The molecule has 30 heavy (non-hydrogen) atoms. The molecule has 0 radical (unpaired) electrons. The molecule has 0 unspecified atom stereocenters. The molecule has 176 valence electrons. The quantitative estimate of drug-likeness (QED) is 0.618. The molecular formula is C22H44N4O4. The highest BCUT2D eigenvalue weighted by atomic mass is 16.6. The normalized spacial score (nSPS) is 20.3. The first-order chi connectivity index (χ1) is 13.7. The van der Waals surface area contributed by atoms with Crippen molar-refractivity contribution in [2.24, 2.45) is 0 Å². The van der Waals surface area contributed by atoms with Crippen LogP contribution < -0.4 is 0 Å². The van der Waals surface area contributed by atoms with Crippen LogP contribution in [0.3, 0.4) is 0 Å². The van der Waals surface area contributed by atoms with E-state index in [2.05, 4.69) is 33.7 Å². The standard InChI is InChI=1S/C22H44N4O4/c1-21(2,3)29-19(27)17-25-13-9-23(7)11-15-26(16-12-24(8)10-14-25)18-20(28)30-22(4,5)6/h9-18H2,1-8H3. The third-order valence-corrected chi connectivity index (χ3v) is 4.74. The molecule has 0 bridgehead atoms. The molecule has 0 saturated carbocycles. The Morgan fingerprint density at radius 2 is 0.867 bits per heavy atom. The number of nitrogens with zero attached hydrogens (tertiary/aromatic N) is 4. The van der Waals surface area contributed by atoms with E-state index in [0.29, 0.717) is 13.1 Å². The zero-order valence-electron chi connectivity index (χ0n) is 20.5. The van der Waals surface area contributed by atoms with Crippen molar-refractivity contribution in [2.45, 2.75) is 52.7 Å². The Bertz CT molecular complexity index is 478. The van der Waals surface area contributed by atoms with Gasteiger partial charge in [0.2, 0.25) is 0 Å². The van der Waals surface area contributed by atoms with Crippen LogP contribution in [0.5, 0.6) is 0 Å². The van der Waals surface area contributed by atoms with Gasteiger partial charge in [-0.2, -0.15) is 0 Å². The summed E-state index contributed by atoms with van der Waals surface area (Å²) >= 11 is 0. The van der Waals surface area contributed by atoms with E-state index in [1.807, 2.05) is 41.5 Å². The predicted molar refractivity (Wildman–Crippen MR) is 120 cm³/mol. The van der Waals surface area contributed by atoms with E-state index >= 15 is 0 Å². The first-order valence-corrected chi connectivity index (χ1v) is 11.0. The van der Waals surface area contributed by atoms with Crippen molar-refractivity contribution in [3.05, 3.63) is 0 Å². The lowest BCUT2D eigenvalue weighted by Crippen LogP contribution is -2.47. The number of hydrogen-bond acceptors (Lipinski definition) is 8. The van der Waals surface area contributed by atoms with Gasteiger partial charge in [0, 0.05) is 52.4 Å². The second-order valence-corrected chi connectivity index (χ2v) is 10.3. The van der Waals surface area contributed by atoms with Crippen molar-refractivity contribution in [3.63, 3.8) is 0 Å². The van der Waals surface area contributed by atoms with E-state index < -0.39 is 11.2 Å². The Hall–Kier alpha value is -1.22. The molecular weight excluding hydrogens is 384 g/mol. The number of likely N-dealkylation sites (N-methyl/N-ethyl adjacent to an activating group) is 2. The van der Waals surface area contributed by atoms with E-state index in [1.54, 1.807) is 0 Å². The second-order valence-electron chi connectivity index (χ2n) is 10.3. The molecule has 1 saturated heterocycles. The second kappa shape index (κ2) is 12.0. The van der Waals surface area contributed by atoms with Gasteiger partial charge in [-0.25, -0.2) is 0 Å². The van der Waals surface area contributed by atoms with Gasteiger partial charge in [0.1, 0.15) is 11.2 Å². The lowest BCUT2D eigenvalue weighted by molar-refractivity contribution is -0.157. The summed E-state index contributed by atoms with van der Waals surface area (Å²) in [5, 5.41) is 0. The molecule has 0 spiro atoms. The van der Waals surface area contributed by atoms with E-state index in [4.69, 9.17) is 9.47 Å². The number of esters is 2. The van der Waals surface area contributed by atoms with Gasteiger partial charge in [0.05, 0.1) is 13.1 Å². The summed E-state index contributed by atoms with van der Waals surface area (Å²) in [6, 6.07) is 0. The van der Waals surface area contributed by atoms with Crippen LogP contribution in [0.15, 0.2) is 0 Å². The highest BCUT2D eigenvalue weighted by Gasteiger charge is 2.22. The fourth-order valence-electron chi connectivity index (χ4n) is 3.12. The minimum Gasteiger partial charge on any atom is -0.459 e. The van der Waals surface area contributed by atoms with Crippen molar-refractivity contribution < 1.29 is 19.1 Å². The Balaban J connectivity index is 2.64. The highest BCUT2D eigenvalue weighted by Crippen LogP contribution is 2.09. The fourth-order valence-corrected chi connectivity index (χ4v) is 3.12. The molecule has 0 aromatic heterocycles. The number of hydrogen-bond donors (Lipinski definition) is 0. The zero-order valence-corrected chi connectivity index (χ0v) is 20.5. The van der Waals surface area contributed by atoms with Crippen LogP contribution >= 0.6 is 0 Å². The van der Waals surface area contributed by atoms with Gasteiger partial charge in [0.15, 0.2) is 0 Å². The molecule has 8 heteroatoms. The molecule has 0 aromatic carbocycles. The molecule has 0 amide bonds. The molecule has 1 aliphatic heterocycles. The van der Waals surface area contributed by atoms with E-state index in [-0.39, 0.29) is 11.9 Å².